The molecule has 3 heterocycles. The Morgan fingerprint density at radius 2 is 0.630 bits per heavy atom. The molecule has 1 N–H and O–H groups in total. The van der Waals surface area contributed by atoms with Crippen LogP contribution in [-0.2, 0) is 88.0 Å². The molecule has 18 nitrogen and oxygen atoms in total. The molecule has 3 fully saturated rings. The van der Waals surface area contributed by atoms with Gasteiger partial charge < -0.3 is 66.7 Å². The van der Waals surface area contributed by atoms with E-state index in [0.29, 0.717) is 0 Å². The van der Waals surface area contributed by atoms with Gasteiger partial charge in [0, 0.05) is 0 Å². The summed E-state index contributed by atoms with van der Waals surface area (Å²) in [5.74, 6) is -3.38. The topological polar surface area (TPSA) is 208 Å². The highest BCUT2D eigenvalue weighted by atomic mass is 16.8. The zero-order chi connectivity index (χ0) is 63.6. The molecule has 0 spiro atoms. The molecule has 11 rings (SSSR count). The van der Waals surface area contributed by atoms with E-state index in [9.17, 15) is 24.3 Å². The van der Waals surface area contributed by atoms with Crippen LogP contribution in [0.2, 0.25) is 0 Å². The average Bonchev–Trinajstić information content (AvgIpc) is 0.783. The SMILES string of the molecule is C[C@@H]1O[C@@H](O)[C@H](OC(=O)c2ccccc2)[C@H](O[C@@H]2O[C@@H](C)[C@H](OC(=O)c3ccccc3)[C@@H](O[C@@H]3O[C@H](COCc4ccccc4)[C@@H](OCc4ccccc4)[C@H](OCc4ccccc4)[C@H]3OCc3ccccc3)[C@H]2OC(=O)c2ccccc2)[C@H]1OC(=O)c1ccccc1. The predicted molar refractivity (Wildman–Crippen MR) is 333 cm³/mol. The first-order valence-electron chi connectivity index (χ1n) is 30.6. The Balaban J connectivity index is 1.04. The van der Waals surface area contributed by atoms with Crippen LogP contribution in [0, 0.1) is 0 Å². The van der Waals surface area contributed by atoms with Gasteiger partial charge >= 0.3 is 23.9 Å². The molecule has 8 aromatic carbocycles. The maximum Gasteiger partial charge on any atom is 0.338 e. The standard InChI is InChI=1S/C74H72O18/c1-48-59(87-68(75)54-35-19-7-20-36-54)63(65(72(79)84-48)89-70(77)56-39-23-9-24-40-56)91-74-67(90-71(78)57-41-25-10-26-42-57)64(60(49(2)85-74)88-69(76)55-37-21-8-22-38-55)92-73-66(83-46-53-33-17-6-18-34-53)62(82-45-52-31-15-5-16-32-52)61(81-44-51-29-13-4-14-30-51)58(86-73)47-80-43-50-27-11-3-12-28-50/h3-42,48-49,58-67,72-74,79H,43-47H2,1-2H3/t48-,49-,58+,59-,60-,61+,62-,63+,64+,65+,66+,67+,72+,73-,74-/m0/s1. The van der Waals surface area contributed by atoms with E-state index in [-0.39, 0.29) is 55.3 Å². The molecule has 3 aliphatic rings. The van der Waals surface area contributed by atoms with Crippen molar-refractivity contribution in [3.63, 3.8) is 0 Å². The van der Waals surface area contributed by atoms with E-state index in [1.165, 1.54) is 12.1 Å². The van der Waals surface area contributed by atoms with Crippen molar-refractivity contribution in [3.8, 4) is 0 Å². The first-order chi connectivity index (χ1) is 45.0. The van der Waals surface area contributed by atoms with Gasteiger partial charge in [0.1, 0.15) is 36.6 Å². The number of esters is 4. The number of carbonyl (C=O) groups excluding carboxylic acids is 4. The third-order valence-corrected chi connectivity index (χ3v) is 15.9. The monoisotopic (exact) mass is 1250 g/mol. The van der Waals surface area contributed by atoms with Crippen LogP contribution in [0.5, 0.6) is 0 Å². The molecule has 0 bridgehead atoms. The minimum atomic E-state index is -1.89. The molecular weight excluding hydrogens is 1180 g/mol. The Morgan fingerprint density at radius 1 is 0.326 bits per heavy atom. The van der Waals surface area contributed by atoms with Crippen LogP contribution in [0.3, 0.4) is 0 Å². The number of hydrogen-bond donors (Lipinski definition) is 1. The summed E-state index contributed by atoms with van der Waals surface area (Å²) in [6.45, 7) is 3.48. The largest absolute Gasteiger partial charge is 0.453 e. The Hall–Kier alpha value is -8.76. The number of benzene rings is 8. The Bertz CT molecular complexity index is 3490. The molecule has 92 heavy (non-hydrogen) atoms. The molecule has 8 aromatic rings. The molecule has 0 aromatic heterocycles. The lowest BCUT2D eigenvalue weighted by molar-refractivity contribution is -0.379. The molecule has 0 radical (unpaired) electrons. The normalized spacial score (nSPS) is 26.2. The van der Waals surface area contributed by atoms with Crippen molar-refractivity contribution < 1.29 is 85.9 Å². The first kappa shape index (κ1) is 64.8. The average molecular weight is 1250 g/mol. The van der Waals surface area contributed by atoms with Crippen molar-refractivity contribution in [1.29, 1.82) is 0 Å². The first-order valence-corrected chi connectivity index (χ1v) is 30.6. The van der Waals surface area contributed by atoms with Crippen LogP contribution in [0.25, 0.3) is 0 Å². The van der Waals surface area contributed by atoms with Gasteiger partial charge in [-0.3, -0.25) is 0 Å². The highest BCUT2D eigenvalue weighted by Gasteiger charge is 2.58. The van der Waals surface area contributed by atoms with E-state index >= 15 is 0 Å². The van der Waals surface area contributed by atoms with Gasteiger partial charge in [0.25, 0.3) is 0 Å². The van der Waals surface area contributed by atoms with Gasteiger partial charge in [-0.25, -0.2) is 19.2 Å². The van der Waals surface area contributed by atoms with Gasteiger partial charge in [0.15, 0.2) is 43.3 Å². The van der Waals surface area contributed by atoms with Crippen molar-refractivity contribution in [1.82, 2.24) is 0 Å². The van der Waals surface area contributed by atoms with Crippen LogP contribution in [-0.4, -0.2) is 128 Å². The maximum atomic E-state index is 15.0. The van der Waals surface area contributed by atoms with Gasteiger partial charge in [-0.15, -0.1) is 0 Å². The summed E-state index contributed by atoms with van der Waals surface area (Å²) in [4.78, 5) is 57.9. The van der Waals surface area contributed by atoms with Gasteiger partial charge in [0.2, 0.25) is 0 Å². The van der Waals surface area contributed by atoms with Gasteiger partial charge in [0.05, 0.1) is 67.5 Å². The van der Waals surface area contributed by atoms with Crippen LogP contribution in [0.4, 0.5) is 0 Å². The fraction of sp³-hybridized carbons (Fsp3) is 0.297. The van der Waals surface area contributed by atoms with E-state index < -0.39 is 116 Å². The second-order valence-corrected chi connectivity index (χ2v) is 22.4. The molecule has 0 unspecified atom stereocenters. The minimum absolute atomic E-state index is 0.00566. The minimum Gasteiger partial charge on any atom is -0.453 e. The number of ether oxygens (including phenoxy) is 13. The fourth-order valence-corrected chi connectivity index (χ4v) is 11.2. The summed E-state index contributed by atoms with van der Waals surface area (Å²) in [5, 5.41) is 11.9. The van der Waals surface area contributed by atoms with Crippen LogP contribution >= 0.6 is 0 Å². The van der Waals surface area contributed by atoms with Crippen molar-refractivity contribution >= 4 is 23.9 Å². The van der Waals surface area contributed by atoms with Crippen molar-refractivity contribution in [2.75, 3.05) is 6.61 Å². The molecule has 0 aliphatic carbocycles. The number of aliphatic hydroxyl groups is 1. The Labute approximate surface area is 533 Å². The lowest BCUT2D eigenvalue weighted by Crippen LogP contribution is -2.68. The summed E-state index contributed by atoms with van der Waals surface area (Å²) in [6.07, 6.45) is -21.5. The third kappa shape index (κ3) is 16.8. The lowest BCUT2D eigenvalue weighted by atomic mass is 9.95. The van der Waals surface area contributed by atoms with E-state index in [1.807, 2.05) is 121 Å². The molecule has 3 aliphatic heterocycles. The molecular formula is C74H72O18. The zero-order valence-corrected chi connectivity index (χ0v) is 50.7. The van der Waals surface area contributed by atoms with E-state index in [4.69, 9.17) is 61.6 Å². The van der Waals surface area contributed by atoms with Crippen molar-refractivity contribution in [2.24, 2.45) is 0 Å². The van der Waals surface area contributed by atoms with E-state index in [0.717, 1.165) is 22.3 Å². The summed E-state index contributed by atoms with van der Waals surface area (Å²) < 4.78 is 87.7. The quantitative estimate of drug-likeness (QED) is 0.0417. The summed E-state index contributed by atoms with van der Waals surface area (Å²) in [7, 11) is 0. The summed E-state index contributed by atoms with van der Waals surface area (Å²) in [6, 6.07) is 71.0. The van der Waals surface area contributed by atoms with Crippen LogP contribution in [0.1, 0.15) is 77.5 Å². The van der Waals surface area contributed by atoms with Gasteiger partial charge in [-0.1, -0.05) is 194 Å². The summed E-state index contributed by atoms with van der Waals surface area (Å²) in [5.41, 5.74) is 3.94. The number of carbonyl (C=O) groups is 4. The molecule has 0 amide bonds. The van der Waals surface area contributed by atoms with Gasteiger partial charge in [-0.2, -0.15) is 0 Å². The Morgan fingerprint density at radius 3 is 1.03 bits per heavy atom. The number of hydrogen-bond acceptors (Lipinski definition) is 18. The smallest absolute Gasteiger partial charge is 0.338 e. The second kappa shape index (κ2) is 32.0. The highest BCUT2D eigenvalue weighted by Crippen LogP contribution is 2.39. The molecule has 476 valence electrons. The molecule has 18 heteroatoms. The van der Waals surface area contributed by atoms with Crippen molar-refractivity contribution in [2.45, 2.75) is 132 Å². The summed E-state index contributed by atoms with van der Waals surface area (Å²) >= 11 is 0. The third-order valence-electron chi connectivity index (χ3n) is 15.9. The van der Waals surface area contributed by atoms with Crippen LogP contribution < -0.4 is 0 Å². The molecule has 3 saturated heterocycles. The molecule has 0 saturated carbocycles. The fourth-order valence-electron chi connectivity index (χ4n) is 11.2. The molecule has 15 atom stereocenters. The van der Waals surface area contributed by atoms with E-state index in [2.05, 4.69) is 0 Å². The van der Waals surface area contributed by atoms with Crippen LogP contribution in [0.15, 0.2) is 243 Å². The lowest BCUT2D eigenvalue weighted by Gasteiger charge is -2.50. The highest BCUT2D eigenvalue weighted by molar-refractivity contribution is 5.91. The number of aliphatic hydroxyl groups excluding tert-OH is 1. The predicted octanol–water partition coefficient (Wildman–Crippen LogP) is 10.8. The maximum absolute atomic E-state index is 15.0. The zero-order valence-electron chi connectivity index (χ0n) is 50.7. The second-order valence-electron chi connectivity index (χ2n) is 22.4. The van der Waals surface area contributed by atoms with Crippen molar-refractivity contribution in [3.05, 3.63) is 287 Å². The van der Waals surface area contributed by atoms with Gasteiger partial charge in [-0.05, 0) is 84.6 Å². The Kier molecular flexibility index (Phi) is 22.5. The number of rotatable bonds is 25. The van der Waals surface area contributed by atoms with E-state index in [1.54, 1.807) is 123 Å².